The summed E-state index contributed by atoms with van der Waals surface area (Å²) in [4.78, 5) is 55.0. The highest BCUT2D eigenvalue weighted by Gasteiger charge is 2.65. The van der Waals surface area contributed by atoms with E-state index >= 15 is 0 Å². The van der Waals surface area contributed by atoms with Gasteiger partial charge in [0.2, 0.25) is 0 Å². The Morgan fingerprint density at radius 2 is 1.91 bits per heavy atom. The zero-order valence-corrected chi connectivity index (χ0v) is 20.1. The number of halogens is 1. The molecule has 3 atom stereocenters. The standard InChI is InChI=1S/C22H20BrNO7S/c1-9-10(2)32-21-22(8-25)12(7-11-5-6-13(23)17(26)14(11)18(22)27)15(19(28)30-3)16(24(9)21)20(29)31-4/h5-6,8,12,21,26H,7H2,1-4H3/t12-,21?,22?/m1/s1. The number of carbonyl (C=O) groups is 4. The Hall–Kier alpha value is -2.59. The first kappa shape index (κ1) is 22.6. The fourth-order valence-corrected chi connectivity index (χ4v) is 6.63. The molecule has 4 rings (SSSR count). The quantitative estimate of drug-likeness (QED) is 0.364. The van der Waals surface area contributed by atoms with Gasteiger partial charge in [-0.3, -0.25) is 4.79 Å². The first-order valence-electron chi connectivity index (χ1n) is 9.71. The zero-order valence-electron chi connectivity index (χ0n) is 17.7. The van der Waals surface area contributed by atoms with E-state index in [-0.39, 0.29) is 29.0 Å². The van der Waals surface area contributed by atoms with Gasteiger partial charge in [0.05, 0.1) is 29.8 Å². The third-order valence-corrected chi connectivity index (χ3v) is 8.57. The van der Waals surface area contributed by atoms with E-state index in [4.69, 9.17) is 9.47 Å². The second kappa shape index (κ2) is 7.77. The van der Waals surface area contributed by atoms with E-state index in [2.05, 4.69) is 15.9 Å². The van der Waals surface area contributed by atoms with Crippen LogP contribution in [0.1, 0.15) is 29.8 Å². The third-order valence-electron chi connectivity index (χ3n) is 6.46. The molecule has 0 amide bonds. The van der Waals surface area contributed by atoms with Crippen LogP contribution in [0.5, 0.6) is 5.75 Å². The fraction of sp³-hybridized carbons (Fsp3) is 0.364. The molecule has 0 spiro atoms. The highest BCUT2D eigenvalue weighted by Crippen LogP contribution is 2.60. The number of allylic oxidation sites excluding steroid dienone is 2. The van der Waals surface area contributed by atoms with Crippen LogP contribution < -0.4 is 0 Å². The molecular weight excluding hydrogens is 502 g/mol. The van der Waals surface area contributed by atoms with Crippen LogP contribution >= 0.6 is 27.7 Å². The fourth-order valence-electron chi connectivity index (χ4n) is 4.81. The molecule has 0 bridgehead atoms. The first-order chi connectivity index (χ1) is 15.1. The molecule has 2 aliphatic heterocycles. The highest BCUT2D eigenvalue weighted by atomic mass is 79.9. The number of phenols is 1. The first-order valence-corrected chi connectivity index (χ1v) is 11.4. The van der Waals surface area contributed by atoms with Gasteiger partial charge in [-0.05, 0) is 47.8 Å². The summed E-state index contributed by atoms with van der Waals surface area (Å²) in [5.74, 6) is -3.42. The molecule has 0 saturated heterocycles. The number of methoxy groups -OCH3 is 2. The van der Waals surface area contributed by atoms with Gasteiger partial charge in [-0.1, -0.05) is 6.07 Å². The average Bonchev–Trinajstić information content (AvgIpc) is 3.08. The summed E-state index contributed by atoms with van der Waals surface area (Å²) in [6, 6.07) is 3.24. The van der Waals surface area contributed by atoms with Crippen LogP contribution in [0.3, 0.4) is 0 Å². The van der Waals surface area contributed by atoms with Crippen LogP contribution in [0.15, 0.2) is 38.5 Å². The van der Waals surface area contributed by atoms with Crippen molar-refractivity contribution in [2.75, 3.05) is 14.2 Å². The summed E-state index contributed by atoms with van der Waals surface area (Å²) in [7, 11) is 2.37. The predicted molar refractivity (Wildman–Crippen MR) is 118 cm³/mol. The van der Waals surface area contributed by atoms with Crippen LogP contribution in [0.25, 0.3) is 0 Å². The van der Waals surface area contributed by atoms with Crippen LogP contribution in [-0.4, -0.2) is 53.6 Å². The van der Waals surface area contributed by atoms with E-state index in [0.29, 0.717) is 22.0 Å². The largest absolute Gasteiger partial charge is 0.506 e. The molecule has 3 aliphatic rings. The van der Waals surface area contributed by atoms with Gasteiger partial charge >= 0.3 is 11.9 Å². The summed E-state index contributed by atoms with van der Waals surface area (Å²) in [5, 5.41) is 9.84. The molecule has 2 heterocycles. The molecular formula is C22H20BrNO7S. The summed E-state index contributed by atoms with van der Waals surface area (Å²) < 4.78 is 10.3. The summed E-state index contributed by atoms with van der Waals surface area (Å²) >= 11 is 4.50. The Morgan fingerprint density at radius 3 is 2.50 bits per heavy atom. The molecule has 0 fully saturated rings. The second-order valence-electron chi connectivity index (χ2n) is 7.79. The normalized spacial score (nSPS) is 26.4. The maximum absolute atomic E-state index is 14.0. The number of hydrogen-bond donors (Lipinski definition) is 1. The molecule has 168 valence electrons. The monoisotopic (exact) mass is 521 g/mol. The van der Waals surface area contributed by atoms with E-state index in [1.807, 2.05) is 6.92 Å². The average molecular weight is 522 g/mol. The van der Waals surface area contributed by atoms with Gasteiger partial charge in [0.1, 0.15) is 28.5 Å². The van der Waals surface area contributed by atoms with Crippen molar-refractivity contribution in [1.29, 1.82) is 0 Å². The van der Waals surface area contributed by atoms with E-state index in [0.717, 1.165) is 4.91 Å². The van der Waals surface area contributed by atoms with Gasteiger partial charge in [0.15, 0.2) is 5.78 Å². The van der Waals surface area contributed by atoms with E-state index in [1.165, 1.54) is 30.9 Å². The number of ketones is 1. The Bertz CT molecular complexity index is 1160. The lowest BCUT2D eigenvalue weighted by Crippen LogP contribution is -2.61. The lowest BCUT2D eigenvalue weighted by Gasteiger charge is -2.50. The SMILES string of the molecule is COC(=O)C1=C(C(=O)OC)N2C(C)=C(C)SC2C2(C=O)C(=O)c3c(ccc(Br)c3O)C[C@H]12. The number of esters is 2. The van der Waals surface area contributed by atoms with Crippen molar-refractivity contribution in [3.05, 3.63) is 49.6 Å². The smallest absolute Gasteiger partial charge is 0.355 e. The number of hydrogen-bond acceptors (Lipinski definition) is 9. The number of thioether (sulfide) groups is 1. The van der Waals surface area contributed by atoms with Gasteiger partial charge in [0.25, 0.3) is 0 Å². The van der Waals surface area contributed by atoms with Crippen LogP contribution in [-0.2, 0) is 30.3 Å². The number of rotatable bonds is 3. The number of aromatic hydroxyl groups is 1. The predicted octanol–water partition coefficient (Wildman–Crippen LogP) is 2.94. The Labute approximate surface area is 196 Å². The molecule has 1 aliphatic carbocycles. The van der Waals surface area contributed by atoms with Crippen molar-refractivity contribution in [3.8, 4) is 5.75 Å². The van der Waals surface area contributed by atoms with Crippen LogP contribution in [0, 0.1) is 11.3 Å². The summed E-state index contributed by atoms with van der Waals surface area (Å²) in [5.41, 5.74) is -0.725. The van der Waals surface area contributed by atoms with Crippen LogP contribution in [0.4, 0.5) is 0 Å². The Balaban J connectivity index is 2.11. The molecule has 1 N–H and O–H groups in total. The van der Waals surface area contributed by atoms with Crippen molar-refractivity contribution < 1.29 is 33.8 Å². The van der Waals surface area contributed by atoms with Gasteiger partial charge in [-0.2, -0.15) is 0 Å². The summed E-state index contributed by atoms with van der Waals surface area (Å²) in [6.45, 7) is 3.56. The molecule has 2 unspecified atom stereocenters. The Morgan fingerprint density at radius 1 is 1.25 bits per heavy atom. The second-order valence-corrected chi connectivity index (χ2v) is 9.94. The Kier molecular flexibility index (Phi) is 5.49. The zero-order chi connectivity index (χ0) is 23.5. The number of aldehydes is 1. The molecule has 1 aromatic rings. The minimum Gasteiger partial charge on any atom is -0.506 e. The number of phenolic OH excluding ortho intramolecular Hbond substituents is 1. The van der Waals surface area contributed by atoms with Crippen LogP contribution in [0.2, 0.25) is 0 Å². The maximum Gasteiger partial charge on any atom is 0.355 e. The molecule has 0 saturated carbocycles. The van der Waals surface area contributed by atoms with E-state index in [9.17, 15) is 24.3 Å². The van der Waals surface area contributed by atoms with Crippen molar-refractivity contribution in [2.45, 2.75) is 25.6 Å². The molecule has 8 nitrogen and oxygen atoms in total. The molecule has 0 radical (unpaired) electrons. The van der Waals surface area contributed by atoms with E-state index in [1.54, 1.807) is 19.1 Å². The van der Waals surface area contributed by atoms with Gasteiger partial charge in [-0.15, -0.1) is 11.8 Å². The van der Waals surface area contributed by atoms with Crippen molar-refractivity contribution >= 4 is 51.7 Å². The maximum atomic E-state index is 14.0. The minimum absolute atomic E-state index is 0.0359. The molecule has 10 heteroatoms. The van der Waals surface area contributed by atoms with E-state index < -0.39 is 34.4 Å². The van der Waals surface area contributed by atoms with Gasteiger partial charge < -0.3 is 24.3 Å². The number of carbonyl (C=O) groups excluding carboxylic acids is 4. The number of nitrogens with zero attached hydrogens (tertiary/aromatic N) is 1. The number of fused-ring (bicyclic) bond motifs is 4. The topological polar surface area (TPSA) is 110 Å². The number of ether oxygens (including phenoxy) is 2. The van der Waals surface area contributed by atoms with Crippen molar-refractivity contribution in [1.82, 2.24) is 4.90 Å². The van der Waals surface area contributed by atoms with Gasteiger partial charge in [-0.25, -0.2) is 9.59 Å². The lowest BCUT2D eigenvalue weighted by atomic mass is 9.59. The van der Waals surface area contributed by atoms with Crippen molar-refractivity contribution in [2.24, 2.45) is 11.3 Å². The van der Waals surface area contributed by atoms with Gasteiger partial charge in [0, 0.05) is 16.5 Å². The molecule has 0 aromatic heterocycles. The van der Waals surface area contributed by atoms with Crippen molar-refractivity contribution in [3.63, 3.8) is 0 Å². The lowest BCUT2D eigenvalue weighted by molar-refractivity contribution is -0.143. The minimum atomic E-state index is -1.74. The molecule has 32 heavy (non-hydrogen) atoms. The molecule has 1 aromatic carbocycles. The number of benzene rings is 1. The third kappa shape index (κ3) is 2.75. The highest BCUT2D eigenvalue weighted by molar-refractivity contribution is 9.10. The number of Topliss-reactive ketones (excluding diaryl/α,β-unsaturated/α-hetero) is 1. The summed E-state index contributed by atoms with van der Waals surface area (Å²) in [6.07, 6.45) is 0.630.